The molecule has 1 aromatic rings. The number of ketones is 1. The van der Waals surface area contributed by atoms with Gasteiger partial charge in [0.25, 0.3) is 5.09 Å². The molecule has 0 spiro atoms. The highest BCUT2D eigenvalue weighted by atomic mass is 32.1. The van der Waals surface area contributed by atoms with Crippen LogP contribution in [0.1, 0.15) is 38.3 Å². The number of nitrogens with two attached hydrogens (primary N) is 1. The highest BCUT2D eigenvalue weighted by Gasteiger charge is 2.62. The first-order chi connectivity index (χ1) is 14.5. The van der Waals surface area contributed by atoms with Gasteiger partial charge in [0.1, 0.15) is 13.2 Å². The maximum atomic E-state index is 13.2. The van der Waals surface area contributed by atoms with Gasteiger partial charge in [-0.05, 0) is 24.5 Å². The van der Waals surface area contributed by atoms with E-state index in [-0.39, 0.29) is 25.7 Å². The van der Waals surface area contributed by atoms with Crippen LogP contribution in [-0.2, 0) is 37.2 Å². The van der Waals surface area contributed by atoms with E-state index in [1.165, 1.54) is 11.8 Å². The molecule has 1 saturated heterocycles. The Kier molecular flexibility index (Phi) is 8.02. The minimum atomic E-state index is -1.89. The monoisotopic (exact) mass is 453 g/mol. The molecule has 1 heterocycles. The third kappa shape index (κ3) is 5.16. The minimum Gasteiger partial charge on any atom is -0.459 e. The van der Waals surface area contributed by atoms with Crippen molar-refractivity contribution in [1.29, 1.82) is 0 Å². The van der Waals surface area contributed by atoms with Crippen molar-refractivity contribution in [3.8, 4) is 0 Å². The quantitative estimate of drug-likeness (QED) is 0.187. The average Bonchev–Trinajstić information content (AvgIpc) is 3.07. The Morgan fingerprint density at radius 3 is 2.26 bits per heavy atom. The SMILES string of the molecule is CC(C)C(=O)N1CCC(S)[C@@]1(C(=O)OCc1ccc(CO[N+](=O)[O-])cc1)C(=O)[C@H](C)N. The normalized spacial score (nSPS) is 21.6. The molecule has 0 aromatic heterocycles. The van der Waals surface area contributed by atoms with E-state index in [0.717, 1.165) is 0 Å². The number of hydrogen-bond donors (Lipinski definition) is 2. The molecule has 10 nitrogen and oxygen atoms in total. The van der Waals surface area contributed by atoms with Crippen LogP contribution in [0.15, 0.2) is 24.3 Å². The van der Waals surface area contributed by atoms with Crippen LogP contribution in [0.2, 0.25) is 0 Å². The van der Waals surface area contributed by atoms with Gasteiger partial charge in [-0.3, -0.25) is 9.59 Å². The number of benzene rings is 1. The van der Waals surface area contributed by atoms with Crippen molar-refractivity contribution in [3.63, 3.8) is 0 Å². The fourth-order valence-corrected chi connectivity index (χ4v) is 4.01. The van der Waals surface area contributed by atoms with Gasteiger partial charge in [0.15, 0.2) is 5.78 Å². The molecule has 0 bridgehead atoms. The van der Waals surface area contributed by atoms with Crippen LogP contribution in [0.4, 0.5) is 0 Å². The first-order valence-electron chi connectivity index (χ1n) is 9.83. The number of thiol groups is 1. The number of amides is 1. The molecule has 1 unspecified atom stereocenters. The van der Waals surface area contributed by atoms with E-state index < -0.39 is 39.6 Å². The second kappa shape index (κ2) is 10.1. The Morgan fingerprint density at radius 2 is 1.77 bits per heavy atom. The molecule has 1 aliphatic rings. The van der Waals surface area contributed by atoms with Gasteiger partial charge in [-0.2, -0.15) is 12.6 Å². The lowest BCUT2D eigenvalue weighted by Crippen LogP contribution is -2.66. The molecule has 1 fully saturated rings. The molecule has 3 atom stereocenters. The van der Waals surface area contributed by atoms with Gasteiger partial charge in [0, 0.05) is 17.7 Å². The summed E-state index contributed by atoms with van der Waals surface area (Å²) in [5.41, 5.74) is 5.09. The lowest BCUT2D eigenvalue weighted by molar-refractivity contribution is -0.763. The molecule has 1 aromatic carbocycles. The topological polar surface area (TPSA) is 142 Å². The van der Waals surface area contributed by atoms with Crippen LogP contribution in [0.5, 0.6) is 0 Å². The van der Waals surface area contributed by atoms with E-state index in [1.807, 2.05) is 0 Å². The second-order valence-electron chi connectivity index (χ2n) is 7.76. The van der Waals surface area contributed by atoms with Crippen molar-refractivity contribution >= 4 is 30.3 Å². The summed E-state index contributed by atoms with van der Waals surface area (Å²) >= 11 is 4.46. The van der Waals surface area contributed by atoms with Gasteiger partial charge in [0.05, 0.1) is 6.04 Å². The molecule has 0 radical (unpaired) electrons. The zero-order chi connectivity index (χ0) is 23.3. The molecule has 11 heteroatoms. The van der Waals surface area contributed by atoms with Gasteiger partial charge < -0.3 is 20.2 Å². The Bertz CT molecular complexity index is 844. The third-order valence-electron chi connectivity index (χ3n) is 5.12. The number of likely N-dealkylation sites (tertiary alicyclic amines) is 1. The van der Waals surface area contributed by atoms with Crippen LogP contribution in [0.25, 0.3) is 0 Å². The summed E-state index contributed by atoms with van der Waals surface area (Å²) < 4.78 is 5.46. The van der Waals surface area contributed by atoms with Gasteiger partial charge in [0.2, 0.25) is 11.4 Å². The molecule has 0 aliphatic carbocycles. The number of rotatable bonds is 9. The van der Waals surface area contributed by atoms with Crippen molar-refractivity contribution < 1.29 is 29.0 Å². The summed E-state index contributed by atoms with van der Waals surface area (Å²) in [4.78, 5) is 55.0. The highest BCUT2D eigenvalue weighted by molar-refractivity contribution is 7.81. The van der Waals surface area contributed by atoms with Gasteiger partial charge in [-0.15, -0.1) is 10.1 Å². The second-order valence-corrected chi connectivity index (χ2v) is 8.38. The van der Waals surface area contributed by atoms with E-state index in [2.05, 4.69) is 17.5 Å². The van der Waals surface area contributed by atoms with Gasteiger partial charge >= 0.3 is 5.97 Å². The molecule has 1 aliphatic heterocycles. The minimum absolute atomic E-state index is 0.159. The maximum Gasteiger partial charge on any atom is 0.341 e. The van der Waals surface area contributed by atoms with Crippen LogP contribution < -0.4 is 5.73 Å². The average molecular weight is 454 g/mol. The molecule has 31 heavy (non-hydrogen) atoms. The summed E-state index contributed by atoms with van der Waals surface area (Å²) in [6.07, 6.45) is 0.347. The largest absolute Gasteiger partial charge is 0.459 e. The number of nitrogens with zero attached hydrogens (tertiary/aromatic N) is 2. The molecular formula is C20H27N3O7S. The zero-order valence-electron chi connectivity index (χ0n) is 17.6. The number of ether oxygens (including phenoxy) is 1. The summed E-state index contributed by atoms with van der Waals surface area (Å²) in [5.74, 6) is -2.27. The van der Waals surface area contributed by atoms with Crippen LogP contribution in [0, 0.1) is 16.0 Å². The van der Waals surface area contributed by atoms with Gasteiger partial charge in [-0.25, -0.2) is 4.79 Å². The number of hydrogen-bond acceptors (Lipinski definition) is 9. The summed E-state index contributed by atoms with van der Waals surface area (Å²) in [6, 6.07) is 5.44. The fraction of sp³-hybridized carbons (Fsp3) is 0.550. The molecular weight excluding hydrogens is 426 g/mol. The van der Waals surface area contributed by atoms with E-state index in [9.17, 15) is 24.5 Å². The molecule has 1 amide bonds. The Hall–Kier alpha value is -2.66. The number of carbonyl (C=O) groups is 3. The third-order valence-corrected chi connectivity index (χ3v) is 5.76. The Morgan fingerprint density at radius 1 is 1.23 bits per heavy atom. The molecule has 0 saturated carbocycles. The van der Waals surface area contributed by atoms with Crippen LogP contribution in [0.3, 0.4) is 0 Å². The molecule has 2 N–H and O–H groups in total. The van der Waals surface area contributed by atoms with E-state index >= 15 is 0 Å². The van der Waals surface area contributed by atoms with Crippen molar-refractivity contribution in [2.24, 2.45) is 11.7 Å². The summed E-state index contributed by atoms with van der Waals surface area (Å²) in [5, 5.41) is 8.64. The van der Waals surface area contributed by atoms with Crippen molar-refractivity contribution in [3.05, 3.63) is 45.5 Å². The first-order valence-corrected chi connectivity index (χ1v) is 10.3. The predicted octanol–water partition coefficient (Wildman–Crippen LogP) is 1.28. The maximum absolute atomic E-state index is 13.2. The van der Waals surface area contributed by atoms with Crippen molar-refractivity contribution in [2.75, 3.05) is 6.54 Å². The van der Waals surface area contributed by atoms with Crippen molar-refractivity contribution in [1.82, 2.24) is 4.90 Å². The Labute approximate surface area is 185 Å². The van der Waals surface area contributed by atoms with E-state index in [4.69, 9.17) is 10.5 Å². The lowest BCUT2D eigenvalue weighted by Gasteiger charge is -2.39. The zero-order valence-corrected chi connectivity index (χ0v) is 18.5. The molecule has 170 valence electrons. The number of carbonyl (C=O) groups excluding carboxylic acids is 3. The van der Waals surface area contributed by atoms with Gasteiger partial charge in [-0.1, -0.05) is 38.1 Å². The van der Waals surface area contributed by atoms with Crippen LogP contribution in [-0.4, -0.2) is 51.0 Å². The summed E-state index contributed by atoms with van der Waals surface area (Å²) in [7, 11) is 0. The highest BCUT2D eigenvalue weighted by Crippen LogP contribution is 2.37. The van der Waals surface area contributed by atoms with E-state index in [1.54, 1.807) is 38.1 Å². The van der Waals surface area contributed by atoms with Crippen LogP contribution >= 0.6 is 12.6 Å². The number of Topliss-reactive ketones (excluding diaryl/α,β-unsaturated/α-hetero) is 1. The lowest BCUT2D eigenvalue weighted by atomic mass is 9.86. The molecule has 2 rings (SSSR count). The predicted molar refractivity (Wildman–Crippen MR) is 113 cm³/mol. The first kappa shape index (κ1) is 24.6. The smallest absolute Gasteiger partial charge is 0.341 e. The van der Waals surface area contributed by atoms with Crippen molar-refractivity contribution in [2.45, 2.75) is 57.2 Å². The fourth-order valence-electron chi connectivity index (χ4n) is 3.52. The Balaban J connectivity index is 2.23. The summed E-state index contributed by atoms with van der Waals surface area (Å²) in [6.45, 7) is 4.67. The number of esters is 1. The van der Waals surface area contributed by atoms with E-state index in [0.29, 0.717) is 17.5 Å². The standard InChI is InChI=1S/C20H27N3O7S/c1-12(2)18(25)22-9-8-16(31)20(22,17(24)13(3)21)19(26)29-10-14-4-6-15(7-5-14)11-30-23(27)28/h4-7,12-13,16,31H,8-11,21H2,1-3H3/t13-,16?,20-/m0/s1.